The molecule has 0 atom stereocenters. The minimum absolute atomic E-state index is 0. The molecule has 1 N–H and O–H groups in total. The fraction of sp³-hybridized carbons (Fsp3) is 0.800. The maximum Gasteiger partial charge on any atom is 0.306 e. The second-order valence-corrected chi connectivity index (χ2v) is 3.37. The molecular formula is C5H10KO5S. The summed E-state index contributed by atoms with van der Waals surface area (Å²) in [7, 11) is -4.18. The van der Waals surface area contributed by atoms with Crippen LogP contribution in [0.15, 0.2) is 0 Å². The molecule has 0 spiro atoms. The number of esters is 1. The molecule has 0 amide bonds. The first-order valence-electron chi connectivity index (χ1n) is 3.06. The molecule has 67 valence electrons. The molecule has 0 aliphatic rings. The molecule has 0 aromatic heterocycles. The fourth-order valence-electron chi connectivity index (χ4n) is 0.416. The Morgan fingerprint density at radius 3 is 2.33 bits per heavy atom. The molecule has 7 heteroatoms. The Bertz CT molecular complexity index is 222. The quantitative estimate of drug-likeness (QED) is 0.404. The summed E-state index contributed by atoms with van der Waals surface area (Å²) < 4.78 is 32.3. The zero-order chi connectivity index (χ0) is 8.91. The number of carbonyl (C=O) groups is 1. The summed E-state index contributed by atoms with van der Waals surface area (Å²) in [5, 5.41) is 0. The Labute approximate surface area is 114 Å². The minimum Gasteiger partial charge on any atom is -0.447 e. The van der Waals surface area contributed by atoms with Crippen molar-refractivity contribution in [3.63, 3.8) is 0 Å². The normalized spacial score (nSPS) is 10.2. The molecule has 0 bridgehead atoms. The minimum atomic E-state index is -4.18. The van der Waals surface area contributed by atoms with E-state index in [1.807, 2.05) is 0 Å². The summed E-state index contributed by atoms with van der Waals surface area (Å²) in [6.07, 6.45) is 0.750. The molecular weight excluding hydrogens is 211 g/mol. The summed E-state index contributed by atoms with van der Waals surface area (Å²) in [6, 6.07) is 0. The average molecular weight is 221 g/mol. The van der Waals surface area contributed by atoms with Crippen LogP contribution in [0.1, 0.15) is 19.8 Å². The molecule has 12 heavy (non-hydrogen) atoms. The van der Waals surface area contributed by atoms with Crippen molar-refractivity contribution in [2.75, 3.05) is 5.94 Å². The van der Waals surface area contributed by atoms with Crippen molar-refractivity contribution in [3.8, 4) is 0 Å². The molecule has 0 rings (SSSR count). The standard InChI is InChI=1S/C5H10O5S.K/c1-2-3-5(6)10-4-11(7,8)9;/h2-4H2,1H3,(H,7,8,9);. The van der Waals surface area contributed by atoms with Crippen LogP contribution in [0.3, 0.4) is 0 Å². The summed E-state index contributed by atoms with van der Waals surface area (Å²) in [5.41, 5.74) is 0. The molecule has 0 aliphatic carbocycles. The molecule has 5 nitrogen and oxygen atoms in total. The largest absolute Gasteiger partial charge is 0.447 e. The van der Waals surface area contributed by atoms with E-state index in [1.165, 1.54) is 0 Å². The van der Waals surface area contributed by atoms with Crippen molar-refractivity contribution in [2.24, 2.45) is 0 Å². The Hall–Kier alpha value is 1.02. The number of hydrogen-bond acceptors (Lipinski definition) is 4. The zero-order valence-electron chi connectivity index (χ0n) is 7.11. The van der Waals surface area contributed by atoms with Crippen molar-refractivity contribution in [1.82, 2.24) is 0 Å². The van der Waals surface area contributed by atoms with E-state index in [2.05, 4.69) is 4.74 Å². The van der Waals surface area contributed by atoms with Gasteiger partial charge in [0.15, 0.2) is 0 Å². The van der Waals surface area contributed by atoms with Crippen molar-refractivity contribution >= 4 is 67.5 Å². The number of rotatable bonds is 4. The van der Waals surface area contributed by atoms with E-state index in [1.54, 1.807) is 6.92 Å². The van der Waals surface area contributed by atoms with Gasteiger partial charge in [-0.15, -0.1) is 0 Å². The van der Waals surface area contributed by atoms with Gasteiger partial charge in [0.05, 0.1) is 0 Å². The predicted molar refractivity (Wildman–Crippen MR) is 43.2 cm³/mol. The van der Waals surface area contributed by atoms with Gasteiger partial charge in [0.2, 0.25) is 5.94 Å². The van der Waals surface area contributed by atoms with Crippen LogP contribution in [0.5, 0.6) is 0 Å². The van der Waals surface area contributed by atoms with Gasteiger partial charge in [-0.3, -0.25) is 9.35 Å². The maximum absolute atomic E-state index is 10.5. The van der Waals surface area contributed by atoms with E-state index >= 15 is 0 Å². The van der Waals surface area contributed by atoms with E-state index in [-0.39, 0.29) is 57.8 Å². The van der Waals surface area contributed by atoms with E-state index in [0.29, 0.717) is 6.42 Å². The van der Waals surface area contributed by atoms with Crippen LogP contribution >= 0.6 is 0 Å². The molecule has 0 heterocycles. The zero-order valence-corrected chi connectivity index (χ0v) is 11.0. The molecule has 1 radical (unpaired) electrons. The Kier molecular flexibility index (Phi) is 9.58. The topological polar surface area (TPSA) is 80.7 Å². The molecule has 0 unspecified atom stereocenters. The second-order valence-electron chi connectivity index (χ2n) is 1.97. The molecule has 0 saturated heterocycles. The van der Waals surface area contributed by atoms with Gasteiger partial charge in [0, 0.05) is 57.8 Å². The average Bonchev–Trinajstić information content (AvgIpc) is 1.83. The summed E-state index contributed by atoms with van der Waals surface area (Å²) in [6.45, 7) is 1.76. The Balaban J connectivity index is 0. The molecule has 0 fully saturated rings. The van der Waals surface area contributed by atoms with Gasteiger partial charge >= 0.3 is 16.1 Å². The van der Waals surface area contributed by atoms with E-state index < -0.39 is 22.0 Å². The van der Waals surface area contributed by atoms with Crippen molar-refractivity contribution < 1.29 is 22.5 Å². The van der Waals surface area contributed by atoms with Gasteiger partial charge in [-0.1, -0.05) is 6.92 Å². The van der Waals surface area contributed by atoms with Gasteiger partial charge in [-0.25, -0.2) is 0 Å². The molecule has 0 aromatic rings. The Morgan fingerprint density at radius 2 is 2.00 bits per heavy atom. The first-order chi connectivity index (χ1) is 4.95. The Morgan fingerprint density at radius 1 is 1.50 bits per heavy atom. The first-order valence-corrected chi connectivity index (χ1v) is 4.67. The third-order valence-electron chi connectivity index (χ3n) is 0.823. The van der Waals surface area contributed by atoms with Crippen LogP contribution in [-0.2, 0) is 19.6 Å². The van der Waals surface area contributed by atoms with Gasteiger partial charge in [-0.2, -0.15) is 8.42 Å². The maximum atomic E-state index is 10.5. The fourth-order valence-corrected chi connectivity index (χ4v) is 0.697. The van der Waals surface area contributed by atoms with Crippen molar-refractivity contribution in [2.45, 2.75) is 19.8 Å². The van der Waals surface area contributed by atoms with Gasteiger partial charge in [0.1, 0.15) is 0 Å². The van der Waals surface area contributed by atoms with Crippen LogP contribution in [0.4, 0.5) is 0 Å². The summed E-state index contributed by atoms with van der Waals surface area (Å²) in [5.74, 6) is -1.57. The smallest absolute Gasteiger partial charge is 0.306 e. The SMILES string of the molecule is CCCC(=O)OCS(=O)(=O)O.[K]. The van der Waals surface area contributed by atoms with Crippen molar-refractivity contribution in [3.05, 3.63) is 0 Å². The van der Waals surface area contributed by atoms with Crippen LogP contribution in [0.25, 0.3) is 0 Å². The van der Waals surface area contributed by atoms with Crippen LogP contribution in [-0.4, -0.2) is 76.3 Å². The number of ether oxygens (including phenoxy) is 1. The van der Waals surface area contributed by atoms with Gasteiger partial charge in [0.25, 0.3) is 0 Å². The first kappa shape index (κ1) is 15.5. The summed E-state index contributed by atoms with van der Waals surface area (Å²) >= 11 is 0. The van der Waals surface area contributed by atoms with Crippen LogP contribution in [0.2, 0.25) is 0 Å². The van der Waals surface area contributed by atoms with Crippen molar-refractivity contribution in [1.29, 1.82) is 0 Å². The molecule has 0 aliphatic heterocycles. The van der Waals surface area contributed by atoms with Gasteiger partial charge < -0.3 is 4.74 Å². The second kappa shape index (κ2) is 7.42. The third kappa shape index (κ3) is 11.0. The van der Waals surface area contributed by atoms with Crippen LogP contribution in [0, 0.1) is 0 Å². The van der Waals surface area contributed by atoms with Gasteiger partial charge in [-0.05, 0) is 6.42 Å². The van der Waals surface area contributed by atoms with Crippen LogP contribution < -0.4 is 0 Å². The predicted octanol–water partition coefficient (Wildman–Crippen LogP) is -0.206. The number of carbonyl (C=O) groups excluding carboxylic acids is 1. The monoisotopic (exact) mass is 221 g/mol. The molecule has 0 saturated carbocycles. The van der Waals surface area contributed by atoms with E-state index in [9.17, 15) is 13.2 Å². The number of hydrogen-bond donors (Lipinski definition) is 1. The third-order valence-corrected chi connectivity index (χ3v) is 1.24. The van der Waals surface area contributed by atoms with E-state index in [4.69, 9.17) is 4.55 Å². The molecule has 0 aromatic carbocycles. The van der Waals surface area contributed by atoms with E-state index in [0.717, 1.165) is 0 Å². The summed E-state index contributed by atoms with van der Waals surface area (Å²) in [4.78, 5) is 10.5.